The monoisotopic (exact) mass is 370 g/mol. The zero-order valence-electron chi connectivity index (χ0n) is 14.6. The zero-order valence-corrected chi connectivity index (χ0v) is 14.6. The lowest BCUT2D eigenvalue weighted by Gasteiger charge is -2.39. The van der Waals surface area contributed by atoms with Gasteiger partial charge in [-0.15, -0.1) is 0 Å². The van der Waals surface area contributed by atoms with Gasteiger partial charge in [-0.25, -0.2) is 0 Å². The summed E-state index contributed by atoms with van der Waals surface area (Å²) in [6, 6.07) is 6.86. The van der Waals surface area contributed by atoms with E-state index in [4.69, 9.17) is 4.74 Å². The average molecular weight is 370 g/mol. The van der Waals surface area contributed by atoms with Crippen LogP contribution in [0.1, 0.15) is 31.7 Å². The number of hydrogen-bond donors (Lipinski definition) is 1. The van der Waals surface area contributed by atoms with Gasteiger partial charge in [-0.1, -0.05) is 25.1 Å². The van der Waals surface area contributed by atoms with Gasteiger partial charge in [0, 0.05) is 5.71 Å². The molecule has 3 atom stereocenters. The Hall–Kier alpha value is -2.09. The van der Waals surface area contributed by atoms with E-state index in [1.807, 2.05) is 6.92 Å². The summed E-state index contributed by atoms with van der Waals surface area (Å²) in [6.07, 6.45) is -3.85. The third-order valence-electron chi connectivity index (χ3n) is 5.07. The number of hydrazone groups is 1. The number of para-hydroxylation sites is 1. The van der Waals surface area contributed by atoms with Crippen LogP contribution in [0.15, 0.2) is 29.4 Å². The molecule has 1 fully saturated rings. The van der Waals surface area contributed by atoms with Crippen LogP contribution in [-0.2, 0) is 4.79 Å². The second kappa shape index (κ2) is 6.57. The number of amides is 1. The summed E-state index contributed by atoms with van der Waals surface area (Å²) in [5.41, 5.74) is -2.34. The Kier molecular flexibility index (Phi) is 4.72. The molecule has 1 aromatic rings. The van der Waals surface area contributed by atoms with Crippen LogP contribution in [0.25, 0.3) is 0 Å². The number of fused-ring (bicyclic) bond motifs is 1. The van der Waals surface area contributed by atoms with Gasteiger partial charge in [0.1, 0.15) is 5.75 Å². The third kappa shape index (κ3) is 3.06. The van der Waals surface area contributed by atoms with Crippen LogP contribution in [0.4, 0.5) is 13.2 Å². The predicted molar refractivity (Wildman–Crippen MR) is 88.5 cm³/mol. The first-order chi connectivity index (χ1) is 12.1. The molecule has 0 unspecified atom stereocenters. The predicted octanol–water partition coefficient (Wildman–Crippen LogP) is 3.26. The van der Waals surface area contributed by atoms with E-state index >= 15 is 0 Å². The molecule has 3 rings (SSSR count). The SMILES string of the molecule is Cc1ccccc1OCC(=O)N1N=C2CC[C@H](C)C[C@@H]2[C@@]1(O)C(F)(F)F. The molecule has 0 spiro atoms. The lowest BCUT2D eigenvalue weighted by Crippen LogP contribution is -2.62. The Morgan fingerprint density at radius 3 is 2.77 bits per heavy atom. The maximum atomic E-state index is 13.7. The molecule has 26 heavy (non-hydrogen) atoms. The van der Waals surface area contributed by atoms with Crippen molar-refractivity contribution in [3.8, 4) is 5.75 Å². The molecule has 0 aromatic heterocycles. The minimum Gasteiger partial charge on any atom is -0.483 e. The number of carbonyl (C=O) groups excluding carboxylic acids is 1. The van der Waals surface area contributed by atoms with Gasteiger partial charge in [-0.3, -0.25) is 4.79 Å². The molecular formula is C18H21F3N2O3. The van der Waals surface area contributed by atoms with Crippen LogP contribution in [0.2, 0.25) is 0 Å². The van der Waals surface area contributed by atoms with Gasteiger partial charge in [-0.2, -0.15) is 23.3 Å². The Balaban J connectivity index is 1.83. The third-order valence-corrected chi connectivity index (χ3v) is 5.07. The van der Waals surface area contributed by atoms with Gasteiger partial charge in [-0.05, 0) is 43.7 Å². The number of aryl methyl sites for hydroxylation is 1. The smallest absolute Gasteiger partial charge is 0.439 e. The molecule has 1 aliphatic carbocycles. The molecule has 1 saturated carbocycles. The first kappa shape index (κ1) is 18.7. The van der Waals surface area contributed by atoms with Gasteiger partial charge in [0.2, 0.25) is 0 Å². The first-order valence-corrected chi connectivity index (χ1v) is 8.52. The minimum absolute atomic E-state index is 0.0195. The van der Waals surface area contributed by atoms with E-state index in [9.17, 15) is 23.1 Å². The number of ether oxygens (including phenoxy) is 1. The number of carbonyl (C=O) groups is 1. The van der Waals surface area contributed by atoms with E-state index in [2.05, 4.69) is 5.10 Å². The topological polar surface area (TPSA) is 62.1 Å². The molecule has 2 aliphatic rings. The fourth-order valence-electron chi connectivity index (χ4n) is 3.58. The zero-order chi connectivity index (χ0) is 19.1. The molecule has 0 saturated heterocycles. The summed E-state index contributed by atoms with van der Waals surface area (Å²) < 4.78 is 46.5. The second-order valence-corrected chi connectivity index (χ2v) is 7.01. The molecular weight excluding hydrogens is 349 g/mol. The van der Waals surface area contributed by atoms with Crippen LogP contribution >= 0.6 is 0 Å². The van der Waals surface area contributed by atoms with Gasteiger partial charge < -0.3 is 9.84 Å². The van der Waals surface area contributed by atoms with Crippen molar-refractivity contribution in [3.63, 3.8) is 0 Å². The Labute approximate surface area is 149 Å². The van der Waals surface area contributed by atoms with E-state index in [0.717, 1.165) is 5.56 Å². The lowest BCUT2D eigenvalue weighted by atomic mass is 9.76. The fraction of sp³-hybridized carbons (Fsp3) is 0.556. The molecule has 0 radical (unpaired) electrons. The van der Waals surface area contributed by atoms with Crippen molar-refractivity contribution in [2.75, 3.05) is 6.61 Å². The van der Waals surface area contributed by atoms with Gasteiger partial charge >= 0.3 is 6.18 Å². The number of aliphatic hydroxyl groups is 1. The van der Waals surface area contributed by atoms with Crippen LogP contribution < -0.4 is 4.74 Å². The van der Waals surface area contributed by atoms with Crippen molar-refractivity contribution in [2.24, 2.45) is 16.9 Å². The highest BCUT2D eigenvalue weighted by Crippen LogP contribution is 2.49. The van der Waals surface area contributed by atoms with Crippen molar-refractivity contribution < 1.29 is 27.8 Å². The quantitative estimate of drug-likeness (QED) is 0.888. The summed E-state index contributed by atoms with van der Waals surface area (Å²) in [5, 5.41) is 14.6. The molecule has 5 nitrogen and oxygen atoms in total. The minimum atomic E-state index is -5.02. The summed E-state index contributed by atoms with van der Waals surface area (Å²) in [5.74, 6) is -1.84. The standard InChI is InChI=1S/C18H21F3N2O3/c1-11-7-8-14-13(9-11)17(25,18(19,20)21)23(22-14)16(24)10-26-15-6-4-3-5-12(15)2/h3-6,11,13,25H,7-10H2,1-2H3/t11-,13-,17+/m0/s1. The van der Waals surface area contributed by atoms with Crippen molar-refractivity contribution in [1.82, 2.24) is 5.01 Å². The summed E-state index contributed by atoms with van der Waals surface area (Å²) in [6.45, 7) is 2.96. The molecule has 1 amide bonds. The van der Waals surface area contributed by atoms with Crippen LogP contribution in [0.5, 0.6) is 5.75 Å². The van der Waals surface area contributed by atoms with Crippen molar-refractivity contribution in [2.45, 2.75) is 45.0 Å². The number of alkyl halides is 3. The normalized spacial score (nSPS) is 28.5. The largest absolute Gasteiger partial charge is 0.483 e. The molecule has 142 valence electrons. The van der Waals surface area contributed by atoms with Gasteiger partial charge in [0.15, 0.2) is 6.61 Å². The second-order valence-electron chi connectivity index (χ2n) is 7.01. The van der Waals surface area contributed by atoms with E-state index in [0.29, 0.717) is 18.6 Å². The van der Waals surface area contributed by atoms with Crippen LogP contribution in [0.3, 0.4) is 0 Å². The van der Waals surface area contributed by atoms with Crippen molar-refractivity contribution in [1.29, 1.82) is 0 Å². The molecule has 1 N–H and O–H groups in total. The molecule has 8 heteroatoms. The Bertz CT molecular complexity index is 735. The van der Waals surface area contributed by atoms with Crippen molar-refractivity contribution in [3.05, 3.63) is 29.8 Å². The maximum absolute atomic E-state index is 13.7. The number of hydrogen-bond acceptors (Lipinski definition) is 4. The van der Waals surface area contributed by atoms with E-state index < -0.39 is 30.3 Å². The maximum Gasteiger partial charge on any atom is 0.439 e. The summed E-state index contributed by atoms with van der Waals surface area (Å²) >= 11 is 0. The number of benzene rings is 1. The molecule has 1 heterocycles. The van der Waals surface area contributed by atoms with Crippen molar-refractivity contribution >= 4 is 11.6 Å². The summed E-state index contributed by atoms with van der Waals surface area (Å²) in [7, 11) is 0. The van der Waals surface area contributed by atoms with Crippen LogP contribution in [0, 0.1) is 18.8 Å². The Morgan fingerprint density at radius 1 is 1.42 bits per heavy atom. The first-order valence-electron chi connectivity index (χ1n) is 8.52. The van der Waals surface area contributed by atoms with E-state index in [1.165, 1.54) is 0 Å². The summed E-state index contributed by atoms with van der Waals surface area (Å²) in [4.78, 5) is 12.5. The average Bonchev–Trinajstić information content (AvgIpc) is 2.88. The molecule has 0 bridgehead atoms. The Morgan fingerprint density at radius 2 is 2.12 bits per heavy atom. The highest BCUT2D eigenvalue weighted by Gasteiger charge is 2.68. The molecule has 1 aromatic carbocycles. The highest BCUT2D eigenvalue weighted by atomic mass is 19.4. The van der Waals surface area contributed by atoms with E-state index in [-0.39, 0.29) is 23.1 Å². The highest BCUT2D eigenvalue weighted by molar-refractivity contribution is 5.93. The fourth-order valence-corrected chi connectivity index (χ4v) is 3.58. The van der Waals surface area contributed by atoms with Gasteiger partial charge in [0.05, 0.1) is 5.92 Å². The number of rotatable bonds is 3. The van der Waals surface area contributed by atoms with Gasteiger partial charge in [0.25, 0.3) is 11.6 Å². The number of nitrogens with zero attached hydrogens (tertiary/aromatic N) is 2. The number of halogens is 3. The van der Waals surface area contributed by atoms with Crippen LogP contribution in [-0.4, -0.2) is 40.2 Å². The lowest BCUT2D eigenvalue weighted by molar-refractivity contribution is -0.318. The van der Waals surface area contributed by atoms with E-state index in [1.54, 1.807) is 31.2 Å². The molecule has 1 aliphatic heterocycles.